The smallest absolute Gasteiger partial charge is 0.0169 e. The Labute approximate surface area is 77.5 Å². The van der Waals surface area contributed by atoms with Crippen LogP contribution in [-0.4, -0.2) is 18.0 Å². The Balaban J connectivity index is 3.92. The van der Waals surface area contributed by atoms with E-state index in [0.29, 0.717) is 0 Å². The van der Waals surface area contributed by atoms with E-state index in [-0.39, 0.29) is 0 Å². The van der Waals surface area contributed by atoms with Crippen molar-refractivity contribution in [3.05, 3.63) is 11.8 Å². The maximum absolute atomic E-state index is 2.43. The second-order valence-electron chi connectivity index (χ2n) is 3.36. The lowest BCUT2D eigenvalue weighted by atomic mass is 10.2. The molecule has 0 fully saturated rings. The molecule has 12 heavy (non-hydrogen) atoms. The van der Waals surface area contributed by atoms with Gasteiger partial charge in [-0.15, -0.1) is 0 Å². The minimum absolute atomic E-state index is 1.17. The summed E-state index contributed by atoms with van der Waals surface area (Å²) >= 11 is 0. The van der Waals surface area contributed by atoms with Crippen LogP contribution in [0.25, 0.3) is 0 Å². The second kappa shape index (κ2) is 7.20. The van der Waals surface area contributed by atoms with Gasteiger partial charge in [-0.2, -0.15) is 0 Å². The SMILES string of the molecule is CCCN(C=C(C)CC)CCC. The molecule has 72 valence electrons. The van der Waals surface area contributed by atoms with E-state index in [2.05, 4.69) is 38.8 Å². The van der Waals surface area contributed by atoms with Gasteiger partial charge in [0.2, 0.25) is 0 Å². The summed E-state index contributed by atoms with van der Waals surface area (Å²) in [6, 6.07) is 0. The fraction of sp³-hybridized carbons (Fsp3) is 0.818. The van der Waals surface area contributed by atoms with E-state index in [1.54, 1.807) is 0 Å². The Morgan fingerprint density at radius 1 is 1.08 bits per heavy atom. The molecule has 0 aromatic heterocycles. The summed E-state index contributed by atoms with van der Waals surface area (Å²) in [5, 5.41) is 0. The molecule has 0 unspecified atom stereocenters. The predicted octanol–water partition coefficient (Wildman–Crippen LogP) is 3.42. The number of nitrogens with zero attached hydrogens (tertiary/aromatic N) is 1. The highest BCUT2D eigenvalue weighted by Gasteiger charge is 1.96. The molecule has 0 radical (unpaired) electrons. The lowest BCUT2D eigenvalue weighted by Crippen LogP contribution is -2.19. The summed E-state index contributed by atoms with van der Waals surface area (Å²) in [6.45, 7) is 11.3. The van der Waals surface area contributed by atoms with E-state index in [4.69, 9.17) is 0 Å². The fourth-order valence-corrected chi connectivity index (χ4v) is 1.22. The first-order valence-electron chi connectivity index (χ1n) is 5.15. The van der Waals surface area contributed by atoms with Gasteiger partial charge in [0.1, 0.15) is 0 Å². The van der Waals surface area contributed by atoms with Gasteiger partial charge in [-0.3, -0.25) is 0 Å². The van der Waals surface area contributed by atoms with Crippen LogP contribution in [0.15, 0.2) is 11.8 Å². The molecular weight excluding hydrogens is 146 g/mol. The third-order valence-electron chi connectivity index (χ3n) is 1.98. The summed E-state index contributed by atoms with van der Waals surface area (Å²) < 4.78 is 0. The van der Waals surface area contributed by atoms with Crippen LogP contribution in [0.1, 0.15) is 47.0 Å². The predicted molar refractivity (Wildman–Crippen MR) is 56.2 cm³/mol. The maximum Gasteiger partial charge on any atom is 0.0169 e. The van der Waals surface area contributed by atoms with Crippen LogP contribution >= 0.6 is 0 Å². The van der Waals surface area contributed by atoms with Crippen molar-refractivity contribution in [2.45, 2.75) is 47.0 Å². The van der Waals surface area contributed by atoms with Crippen molar-refractivity contribution in [1.82, 2.24) is 4.90 Å². The van der Waals surface area contributed by atoms with Crippen molar-refractivity contribution in [2.24, 2.45) is 0 Å². The van der Waals surface area contributed by atoms with Crippen LogP contribution in [0, 0.1) is 0 Å². The van der Waals surface area contributed by atoms with Gasteiger partial charge < -0.3 is 4.90 Å². The Hall–Kier alpha value is -0.460. The lowest BCUT2D eigenvalue weighted by Gasteiger charge is -2.19. The Bertz CT molecular complexity index is 121. The molecule has 0 heterocycles. The first-order valence-corrected chi connectivity index (χ1v) is 5.15. The highest BCUT2D eigenvalue weighted by molar-refractivity contribution is 4.96. The average Bonchev–Trinajstić information content (AvgIpc) is 2.05. The quantitative estimate of drug-likeness (QED) is 0.589. The molecule has 0 aliphatic carbocycles. The summed E-state index contributed by atoms with van der Waals surface area (Å²) in [6.07, 6.45) is 5.97. The zero-order valence-corrected chi connectivity index (χ0v) is 9.06. The molecule has 1 nitrogen and oxygen atoms in total. The number of allylic oxidation sites excluding steroid dienone is 1. The van der Waals surface area contributed by atoms with E-state index >= 15 is 0 Å². The zero-order valence-electron chi connectivity index (χ0n) is 9.06. The average molecular weight is 169 g/mol. The van der Waals surface area contributed by atoms with Gasteiger partial charge in [-0.05, 0) is 32.4 Å². The minimum Gasteiger partial charge on any atom is -0.377 e. The molecular formula is C11H23N. The molecule has 0 aromatic rings. The van der Waals surface area contributed by atoms with Crippen molar-refractivity contribution in [3.63, 3.8) is 0 Å². The van der Waals surface area contributed by atoms with Gasteiger partial charge in [0, 0.05) is 13.1 Å². The van der Waals surface area contributed by atoms with E-state index < -0.39 is 0 Å². The molecule has 0 aliphatic rings. The van der Waals surface area contributed by atoms with Crippen LogP contribution in [0.2, 0.25) is 0 Å². The third kappa shape index (κ3) is 5.22. The highest BCUT2D eigenvalue weighted by atomic mass is 15.1. The van der Waals surface area contributed by atoms with Crippen LogP contribution in [0.4, 0.5) is 0 Å². The Morgan fingerprint density at radius 3 is 1.92 bits per heavy atom. The first kappa shape index (κ1) is 11.5. The zero-order chi connectivity index (χ0) is 9.40. The standard InChI is InChI=1S/C11H23N/c1-5-8-12(9-6-2)10-11(4)7-3/h10H,5-9H2,1-4H3. The minimum atomic E-state index is 1.17. The molecule has 0 amide bonds. The van der Waals surface area contributed by atoms with Crippen LogP contribution in [-0.2, 0) is 0 Å². The van der Waals surface area contributed by atoms with Gasteiger partial charge >= 0.3 is 0 Å². The molecule has 0 rings (SSSR count). The molecule has 0 atom stereocenters. The van der Waals surface area contributed by atoms with E-state index in [0.717, 1.165) is 0 Å². The first-order chi connectivity index (χ1) is 5.74. The van der Waals surface area contributed by atoms with Crippen LogP contribution in [0.3, 0.4) is 0 Å². The van der Waals surface area contributed by atoms with Crippen molar-refractivity contribution >= 4 is 0 Å². The molecule has 0 bridgehead atoms. The summed E-state index contributed by atoms with van der Waals surface area (Å²) in [5.74, 6) is 0. The Morgan fingerprint density at radius 2 is 1.58 bits per heavy atom. The molecule has 0 aromatic carbocycles. The van der Waals surface area contributed by atoms with Gasteiger partial charge in [0.25, 0.3) is 0 Å². The summed E-state index contributed by atoms with van der Waals surface area (Å²) in [5.41, 5.74) is 1.48. The highest BCUT2D eigenvalue weighted by Crippen LogP contribution is 2.03. The number of rotatable bonds is 6. The van der Waals surface area contributed by atoms with Crippen molar-refractivity contribution in [2.75, 3.05) is 13.1 Å². The summed E-state index contributed by atoms with van der Waals surface area (Å²) in [4.78, 5) is 2.43. The number of hydrogen-bond donors (Lipinski definition) is 0. The molecule has 0 saturated heterocycles. The topological polar surface area (TPSA) is 3.24 Å². The third-order valence-corrected chi connectivity index (χ3v) is 1.98. The van der Waals surface area contributed by atoms with E-state index in [9.17, 15) is 0 Å². The maximum atomic E-state index is 2.43. The van der Waals surface area contributed by atoms with Gasteiger partial charge in [0.15, 0.2) is 0 Å². The van der Waals surface area contributed by atoms with Crippen molar-refractivity contribution in [3.8, 4) is 0 Å². The van der Waals surface area contributed by atoms with E-state index in [1.807, 2.05) is 0 Å². The fourth-order valence-electron chi connectivity index (χ4n) is 1.22. The van der Waals surface area contributed by atoms with Gasteiger partial charge in [-0.25, -0.2) is 0 Å². The van der Waals surface area contributed by atoms with Crippen LogP contribution < -0.4 is 0 Å². The summed E-state index contributed by atoms with van der Waals surface area (Å²) in [7, 11) is 0. The van der Waals surface area contributed by atoms with Crippen LogP contribution in [0.5, 0.6) is 0 Å². The number of hydrogen-bond acceptors (Lipinski definition) is 1. The molecule has 0 spiro atoms. The van der Waals surface area contributed by atoms with Gasteiger partial charge in [0.05, 0.1) is 0 Å². The Kier molecular flexibility index (Phi) is 6.93. The largest absolute Gasteiger partial charge is 0.377 e. The molecule has 0 N–H and O–H groups in total. The lowest BCUT2D eigenvalue weighted by molar-refractivity contribution is 0.372. The van der Waals surface area contributed by atoms with Crippen molar-refractivity contribution < 1.29 is 0 Å². The monoisotopic (exact) mass is 169 g/mol. The molecule has 0 saturated carbocycles. The van der Waals surface area contributed by atoms with Crippen molar-refractivity contribution in [1.29, 1.82) is 0 Å². The second-order valence-corrected chi connectivity index (χ2v) is 3.36. The molecule has 0 aliphatic heterocycles. The van der Waals surface area contributed by atoms with Gasteiger partial charge in [-0.1, -0.05) is 26.3 Å². The molecule has 1 heteroatoms. The van der Waals surface area contributed by atoms with E-state index in [1.165, 1.54) is 37.9 Å². The normalized spacial score (nSPS) is 11.8.